The molecule has 0 aliphatic carbocycles. The molecular formula is C16H18O5. The minimum Gasteiger partial charge on any atom is -0.493 e. The Morgan fingerprint density at radius 2 is 1.14 bits per heavy atom. The standard InChI is InChI=1S/C16H18O5/c1-19-13-5-3-11(9-17)7-15(13)21-16-8-12(10-18)4-6-14(16)20-2/h3-8,17-18H,9-10H2,1-2H3. The molecule has 0 heterocycles. The lowest BCUT2D eigenvalue weighted by molar-refractivity contribution is 0.279. The number of hydrogen-bond donors (Lipinski definition) is 2. The highest BCUT2D eigenvalue weighted by molar-refractivity contribution is 5.50. The number of ether oxygens (including phenoxy) is 3. The number of aliphatic hydroxyl groups excluding tert-OH is 2. The quantitative estimate of drug-likeness (QED) is 0.855. The minimum absolute atomic E-state index is 0.0891. The summed E-state index contributed by atoms with van der Waals surface area (Å²) in [6, 6.07) is 10.4. The molecular weight excluding hydrogens is 272 g/mol. The van der Waals surface area contributed by atoms with Crippen molar-refractivity contribution >= 4 is 0 Å². The topological polar surface area (TPSA) is 68.2 Å². The average molecular weight is 290 g/mol. The van der Waals surface area contributed by atoms with Crippen LogP contribution in [0.1, 0.15) is 11.1 Å². The maximum absolute atomic E-state index is 9.22. The molecule has 0 aromatic heterocycles. The van der Waals surface area contributed by atoms with E-state index in [2.05, 4.69) is 0 Å². The van der Waals surface area contributed by atoms with Crippen LogP contribution < -0.4 is 14.2 Å². The number of rotatable bonds is 6. The van der Waals surface area contributed by atoms with Crippen molar-refractivity contribution < 1.29 is 24.4 Å². The molecule has 0 saturated heterocycles. The van der Waals surface area contributed by atoms with Gasteiger partial charge in [-0.25, -0.2) is 0 Å². The Balaban J connectivity index is 2.40. The molecule has 5 heteroatoms. The van der Waals surface area contributed by atoms with Gasteiger partial charge in [0.1, 0.15) is 0 Å². The van der Waals surface area contributed by atoms with Crippen molar-refractivity contribution in [2.45, 2.75) is 13.2 Å². The van der Waals surface area contributed by atoms with Gasteiger partial charge in [-0.05, 0) is 35.4 Å². The lowest BCUT2D eigenvalue weighted by Gasteiger charge is -2.14. The molecule has 5 nitrogen and oxygen atoms in total. The van der Waals surface area contributed by atoms with E-state index in [1.165, 1.54) is 0 Å². The Labute approximate surface area is 123 Å². The summed E-state index contributed by atoms with van der Waals surface area (Å²) in [5, 5.41) is 18.4. The lowest BCUT2D eigenvalue weighted by atomic mass is 10.2. The summed E-state index contributed by atoms with van der Waals surface area (Å²) < 4.78 is 16.3. The molecule has 0 atom stereocenters. The molecule has 0 amide bonds. The zero-order valence-corrected chi connectivity index (χ0v) is 12.0. The zero-order valence-electron chi connectivity index (χ0n) is 12.0. The first-order chi connectivity index (χ1) is 10.2. The predicted octanol–water partition coefficient (Wildman–Crippen LogP) is 2.48. The summed E-state index contributed by atoms with van der Waals surface area (Å²) in [6.07, 6.45) is 0. The Kier molecular flexibility index (Phi) is 5.03. The molecule has 2 aromatic rings. The molecule has 0 bridgehead atoms. The second-order valence-corrected chi connectivity index (χ2v) is 4.39. The van der Waals surface area contributed by atoms with E-state index in [1.807, 2.05) is 0 Å². The van der Waals surface area contributed by atoms with Gasteiger partial charge in [0.15, 0.2) is 23.0 Å². The van der Waals surface area contributed by atoms with Crippen molar-refractivity contribution in [3.8, 4) is 23.0 Å². The van der Waals surface area contributed by atoms with E-state index in [9.17, 15) is 10.2 Å². The van der Waals surface area contributed by atoms with Gasteiger partial charge in [-0.1, -0.05) is 12.1 Å². The fraction of sp³-hybridized carbons (Fsp3) is 0.250. The van der Waals surface area contributed by atoms with Crippen LogP contribution in [0.5, 0.6) is 23.0 Å². The van der Waals surface area contributed by atoms with Crippen LogP contribution in [-0.2, 0) is 13.2 Å². The van der Waals surface area contributed by atoms with E-state index < -0.39 is 0 Å². The van der Waals surface area contributed by atoms with Crippen molar-refractivity contribution in [2.24, 2.45) is 0 Å². The third kappa shape index (κ3) is 3.45. The maximum Gasteiger partial charge on any atom is 0.169 e. The van der Waals surface area contributed by atoms with Gasteiger partial charge in [0.05, 0.1) is 27.4 Å². The summed E-state index contributed by atoms with van der Waals surface area (Å²) in [7, 11) is 3.09. The van der Waals surface area contributed by atoms with Gasteiger partial charge < -0.3 is 24.4 Å². The van der Waals surface area contributed by atoms with E-state index in [0.717, 1.165) is 0 Å². The molecule has 2 rings (SSSR count). The van der Waals surface area contributed by atoms with Crippen LogP contribution in [0.3, 0.4) is 0 Å². The smallest absolute Gasteiger partial charge is 0.169 e. The van der Waals surface area contributed by atoms with Gasteiger partial charge in [-0.3, -0.25) is 0 Å². The van der Waals surface area contributed by atoms with Crippen LogP contribution in [0.4, 0.5) is 0 Å². The van der Waals surface area contributed by atoms with E-state index in [4.69, 9.17) is 14.2 Å². The Morgan fingerprint density at radius 1 is 0.714 bits per heavy atom. The van der Waals surface area contributed by atoms with Gasteiger partial charge >= 0.3 is 0 Å². The molecule has 21 heavy (non-hydrogen) atoms. The van der Waals surface area contributed by atoms with Gasteiger partial charge in [-0.2, -0.15) is 0 Å². The zero-order chi connectivity index (χ0) is 15.2. The summed E-state index contributed by atoms with van der Waals surface area (Å²) in [4.78, 5) is 0. The highest BCUT2D eigenvalue weighted by Crippen LogP contribution is 2.37. The maximum atomic E-state index is 9.22. The molecule has 0 aliphatic rings. The SMILES string of the molecule is COc1ccc(CO)cc1Oc1cc(CO)ccc1OC. The lowest BCUT2D eigenvalue weighted by Crippen LogP contribution is -1.96. The number of hydrogen-bond acceptors (Lipinski definition) is 5. The third-order valence-electron chi connectivity index (χ3n) is 3.04. The minimum atomic E-state index is -0.0891. The highest BCUT2D eigenvalue weighted by atomic mass is 16.5. The Morgan fingerprint density at radius 3 is 1.48 bits per heavy atom. The van der Waals surface area contributed by atoms with Crippen molar-refractivity contribution in [1.29, 1.82) is 0 Å². The van der Waals surface area contributed by atoms with Crippen LogP contribution in [0.15, 0.2) is 36.4 Å². The van der Waals surface area contributed by atoms with Crippen molar-refractivity contribution in [3.05, 3.63) is 47.5 Å². The van der Waals surface area contributed by atoms with E-state index in [0.29, 0.717) is 34.1 Å². The average Bonchev–Trinajstić information content (AvgIpc) is 2.54. The van der Waals surface area contributed by atoms with E-state index >= 15 is 0 Å². The second-order valence-electron chi connectivity index (χ2n) is 4.39. The summed E-state index contributed by atoms with van der Waals surface area (Å²) in [5.74, 6) is 2.03. The summed E-state index contributed by atoms with van der Waals surface area (Å²) >= 11 is 0. The molecule has 0 aliphatic heterocycles. The fourth-order valence-corrected chi connectivity index (χ4v) is 1.92. The summed E-state index contributed by atoms with van der Waals surface area (Å²) in [5.41, 5.74) is 1.42. The van der Waals surface area contributed by atoms with Crippen LogP contribution in [0.25, 0.3) is 0 Å². The van der Waals surface area contributed by atoms with Crippen molar-refractivity contribution in [3.63, 3.8) is 0 Å². The molecule has 0 unspecified atom stereocenters. The van der Waals surface area contributed by atoms with Crippen LogP contribution >= 0.6 is 0 Å². The highest BCUT2D eigenvalue weighted by Gasteiger charge is 2.11. The van der Waals surface area contributed by atoms with Gasteiger partial charge in [-0.15, -0.1) is 0 Å². The Hall–Kier alpha value is -2.24. The van der Waals surface area contributed by atoms with E-state index in [1.54, 1.807) is 50.6 Å². The van der Waals surface area contributed by atoms with Crippen molar-refractivity contribution in [1.82, 2.24) is 0 Å². The van der Waals surface area contributed by atoms with E-state index in [-0.39, 0.29) is 13.2 Å². The van der Waals surface area contributed by atoms with Crippen LogP contribution in [0, 0.1) is 0 Å². The first kappa shape index (κ1) is 15.2. The normalized spacial score (nSPS) is 10.3. The third-order valence-corrected chi connectivity index (χ3v) is 3.04. The fourth-order valence-electron chi connectivity index (χ4n) is 1.92. The number of benzene rings is 2. The number of methoxy groups -OCH3 is 2. The molecule has 112 valence electrons. The molecule has 2 aromatic carbocycles. The van der Waals surface area contributed by atoms with Crippen LogP contribution in [-0.4, -0.2) is 24.4 Å². The van der Waals surface area contributed by atoms with Gasteiger partial charge in [0.25, 0.3) is 0 Å². The molecule has 0 fully saturated rings. The van der Waals surface area contributed by atoms with Gasteiger partial charge in [0.2, 0.25) is 0 Å². The van der Waals surface area contributed by atoms with Crippen molar-refractivity contribution in [2.75, 3.05) is 14.2 Å². The molecule has 2 N–H and O–H groups in total. The van der Waals surface area contributed by atoms with Gasteiger partial charge in [0, 0.05) is 0 Å². The molecule has 0 radical (unpaired) electrons. The monoisotopic (exact) mass is 290 g/mol. The summed E-state index contributed by atoms with van der Waals surface area (Å²) in [6.45, 7) is -0.178. The first-order valence-corrected chi connectivity index (χ1v) is 6.45. The first-order valence-electron chi connectivity index (χ1n) is 6.45. The molecule has 0 saturated carbocycles. The second kappa shape index (κ2) is 6.97. The number of aliphatic hydroxyl groups is 2. The van der Waals surface area contributed by atoms with Crippen LogP contribution in [0.2, 0.25) is 0 Å². The largest absolute Gasteiger partial charge is 0.493 e. The molecule has 0 spiro atoms. The Bertz CT molecular complexity index is 556. The predicted molar refractivity (Wildman–Crippen MR) is 77.9 cm³/mol.